The number of piperidine rings is 1. The normalized spacial score (nSPS) is 17.3. The lowest BCUT2D eigenvalue weighted by Gasteiger charge is -2.30. The number of thiazole rings is 1. The van der Waals surface area contributed by atoms with Gasteiger partial charge in [0.05, 0.1) is 11.9 Å². The quantitative estimate of drug-likeness (QED) is 0.393. The van der Waals surface area contributed by atoms with Crippen LogP contribution in [0.15, 0.2) is 65.1 Å². The van der Waals surface area contributed by atoms with Gasteiger partial charge in [-0.3, -0.25) is 10.3 Å². The molecule has 3 aromatic rings. The minimum atomic E-state index is 0.732. The van der Waals surface area contributed by atoms with Crippen LogP contribution in [-0.2, 0) is 0 Å². The van der Waals surface area contributed by atoms with Gasteiger partial charge >= 0.3 is 0 Å². The summed E-state index contributed by atoms with van der Waals surface area (Å²) < 4.78 is 5.91. The van der Waals surface area contributed by atoms with Crippen molar-refractivity contribution in [3.63, 3.8) is 0 Å². The van der Waals surface area contributed by atoms with Gasteiger partial charge in [0.15, 0.2) is 0 Å². The number of aromatic nitrogens is 1. The number of likely N-dealkylation sites (tertiary alicyclic amines) is 1. The summed E-state index contributed by atoms with van der Waals surface area (Å²) in [6.45, 7) is 6.45. The van der Waals surface area contributed by atoms with Crippen LogP contribution in [0.2, 0.25) is 0 Å². The van der Waals surface area contributed by atoms with Gasteiger partial charge in [-0.15, -0.1) is 11.3 Å². The van der Waals surface area contributed by atoms with Crippen molar-refractivity contribution in [2.45, 2.75) is 19.8 Å². The maximum absolute atomic E-state index is 5.91. The van der Waals surface area contributed by atoms with Gasteiger partial charge < -0.3 is 4.74 Å². The molecule has 1 aromatic heterocycles. The van der Waals surface area contributed by atoms with Crippen LogP contribution in [0.25, 0.3) is 11.3 Å². The highest BCUT2D eigenvalue weighted by molar-refractivity contribution is 7.14. The summed E-state index contributed by atoms with van der Waals surface area (Å²) in [4.78, 5) is 7.07. The monoisotopic (exact) mass is 420 g/mol. The van der Waals surface area contributed by atoms with Crippen LogP contribution in [-0.4, -0.2) is 42.3 Å². The minimum Gasteiger partial charge on any atom is -0.492 e. The first-order valence-electron chi connectivity index (χ1n) is 10.5. The van der Waals surface area contributed by atoms with E-state index < -0.39 is 0 Å². The number of hydrazone groups is 1. The molecule has 6 heteroatoms. The summed E-state index contributed by atoms with van der Waals surface area (Å²) >= 11 is 1.54. The summed E-state index contributed by atoms with van der Waals surface area (Å²) in [5.41, 5.74) is 6.09. The zero-order chi connectivity index (χ0) is 20.6. The lowest BCUT2D eigenvalue weighted by molar-refractivity contribution is 0.153. The Morgan fingerprint density at radius 2 is 2.03 bits per heavy atom. The Morgan fingerprint density at radius 1 is 1.20 bits per heavy atom. The highest BCUT2D eigenvalue weighted by Crippen LogP contribution is 2.24. The van der Waals surface area contributed by atoms with Gasteiger partial charge in [-0.05, 0) is 55.1 Å². The van der Waals surface area contributed by atoms with E-state index in [2.05, 4.69) is 39.5 Å². The zero-order valence-corrected chi connectivity index (χ0v) is 18.1. The van der Waals surface area contributed by atoms with Gasteiger partial charge in [0.25, 0.3) is 0 Å². The number of hydrogen-bond donors (Lipinski definition) is 1. The molecule has 1 atom stereocenters. The van der Waals surface area contributed by atoms with Crippen molar-refractivity contribution in [2.24, 2.45) is 11.0 Å². The number of hydrogen-bond acceptors (Lipinski definition) is 6. The average molecular weight is 421 g/mol. The van der Waals surface area contributed by atoms with Crippen molar-refractivity contribution in [1.29, 1.82) is 0 Å². The van der Waals surface area contributed by atoms with Crippen molar-refractivity contribution in [2.75, 3.05) is 31.7 Å². The summed E-state index contributed by atoms with van der Waals surface area (Å²) in [5, 5.41) is 7.11. The van der Waals surface area contributed by atoms with Crippen LogP contribution >= 0.6 is 11.3 Å². The molecule has 2 aromatic carbocycles. The molecule has 0 spiro atoms. The van der Waals surface area contributed by atoms with Crippen LogP contribution in [0.1, 0.15) is 25.3 Å². The van der Waals surface area contributed by atoms with E-state index in [0.29, 0.717) is 0 Å². The molecule has 2 heterocycles. The fourth-order valence-electron chi connectivity index (χ4n) is 3.66. The zero-order valence-electron chi connectivity index (χ0n) is 17.3. The summed E-state index contributed by atoms with van der Waals surface area (Å²) in [5.74, 6) is 1.71. The molecule has 1 aliphatic rings. The van der Waals surface area contributed by atoms with Crippen molar-refractivity contribution in [3.8, 4) is 17.0 Å². The van der Waals surface area contributed by atoms with Crippen molar-refractivity contribution in [3.05, 3.63) is 65.5 Å². The molecule has 5 nitrogen and oxygen atoms in total. The Labute approximate surface area is 182 Å². The first kappa shape index (κ1) is 20.6. The molecule has 1 fully saturated rings. The molecular weight excluding hydrogens is 392 g/mol. The number of rotatable bonds is 8. The maximum atomic E-state index is 5.91. The first-order valence-corrected chi connectivity index (χ1v) is 11.4. The Kier molecular flexibility index (Phi) is 7.11. The predicted molar refractivity (Wildman–Crippen MR) is 126 cm³/mol. The molecule has 0 aliphatic carbocycles. The Morgan fingerprint density at radius 3 is 2.83 bits per heavy atom. The van der Waals surface area contributed by atoms with E-state index in [9.17, 15) is 0 Å². The number of nitrogens with zero attached hydrogens (tertiary/aromatic N) is 3. The van der Waals surface area contributed by atoms with Crippen LogP contribution < -0.4 is 10.2 Å². The third kappa shape index (κ3) is 5.90. The van der Waals surface area contributed by atoms with E-state index in [1.807, 2.05) is 47.8 Å². The molecule has 1 saturated heterocycles. The topological polar surface area (TPSA) is 49.8 Å². The van der Waals surface area contributed by atoms with Gasteiger partial charge in [-0.25, -0.2) is 4.98 Å². The summed E-state index contributed by atoms with van der Waals surface area (Å²) in [6, 6.07) is 18.2. The Balaban J connectivity index is 1.22. The van der Waals surface area contributed by atoms with E-state index >= 15 is 0 Å². The molecular formula is C24H28N4OS. The predicted octanol–water partition coefficient (Wildman–Crippen LogP) is 5.37. The SMILES string of the molecule is CC1CCCN(CCOc2ccc(C=NNc3nc(-c4ccccc4)cs3)cc2)C1. The summed E-state index contributed by atoms with van der Waals surface area (Å²) in [7, 11) is 0. The van der Waals surface area contributed by atoms with Crippen LogP contribution in [0.5, 0.6) is 5.75 Å². The molecule has 1 unspecified atom stereocenters. The fourth-order valence-corrected chi connectivity index (χ4v) is 4.33. The number of benzene rings is 2. The second-order valence-electron chi connectivity index (χ2n) is 7.74. The van der Waals surface area contributed by atoms with Gasteiger partial charge in [0.1, 0.15) is 12.4 Å². The smallest absolute Gasteiger partial charge is 0.203 e. The lowest BCUT2D eigenvalue weighted by Crippen LogP contribution is -2.37. The molecule has 1 aliphatic heterocycles. The van der Waals surface area contributed by atoms with Gasteiger partial charge in [0, 0.05) is 24.0 Å². The largest absolute Gasteiger partial charge is 0.492 e. The van der Waals surface area contributed by atoms with Crippen LogP contribution in [0.4, 0.5) is 5.13 Å². The number of ether oxygens (including phenoxy) is 1. The first-order chi connectivity index (χ1) is 14.8. The maximum Gasteiger partial charge on any atom is 0.203 e. The van der Waals surface area contributed by atoms with Gasteiger partial charge in [-0.2, -0.15) is 5.10 Å². The third-order valence-electron chi connectivity index (χ3n) is 5.25. The lowest BCUT2D eigenvalue weighted by atomic mass is 10.0. The molecule has 0 amide bonds. The minimum absolute atomic E-state index is 0.732. The molecule has 156 valence electrons. The molecule has 0 bridgehead atoms. The van der Waals surface area contributed by atoms with Crippen molar-refractivity contribution >= 4 is 22.7 Å². The van der Waals surface area contributed by atoms with Crippen LogP contribution in [0, 0.1) is 5.92 Å². The second-order valence-corrected chi connectivity index (χ2v) is 8.60. The van der Waals surface area contributed by atoms with E-state index in [4.69, 9.17) is 4.74 Å². The second kappa shape index (κ2) is 10.4. The Hall–Kier alpha value is -2.70. The van der Waals surface area contributed by atoms with Crippen molar-refractivity contribution < 1.29 is 4.74 Å². The third-order valence-corrected chi connectivity index (χ3v) is 5.99. The molecule has 0 saturated carbocycles. The number of nitrogens with one attached hydrogen (secondary N) is 1. The van der Waals surface area contributed by atoms with Crippen molar-refractivity contribution in [1.82, 2.24) is 9.88 Å². The molecule has 30 heavy (non-hydrogen) atoms. The molecule has 0 radical (unpaired) electrons. The molecule has 1 N–H and O–H groups in total. The van der Waals surface area contributed by atoms with E-state index in [1.54, 1.807) is 17.6 Å². The molecule has 4 rings (SSSR count). The van der Waals surface area contributed by atoms with Gasteiger partial charge in [-0.1, -0.05) is 37.3 Å². The van der Waals surface area contributed by atoms with E-state index in [0.717, 1.165) is 46.8 Å². The van der Waals surface area contributed by atoms with Crippen LogP contribution in [0.3, 0.4) is 0 Å². The Bertz CT molecular complexity index is 939. The standard InChI is InChI=1S/C24H28N4OS/c1-19-6-5-13-28(17-19)14-15-29-22-11-9-20(10-12-22)16-25-27-24-26-23(18-30-24)21-7-3-2-4-8-21/h2-4,7-12,16,18-19H,5-6,13-15,17H2,1H3,(H,26,27). The number of anilines is 1. The van der Waals surface area contributed by atoms with E-state index in [1.165, 1.54) is 25.9 Å². The summed E-state index contributed by atoms with van der Waals surface area (Å²) in [6.07, 6.45) is 4.45. The van der Waals surface area contributed by atoms with Gasteiger partial charge in [0.2, 0.25) is 5.13 Å². The highest BCUT2D eigenvalue weighted by atomic mass is 32.1. The highest BCUT2D eigenvalue weighted by Gasteiger charge is 2.15. The van der Waals surface area contributed by atoms with E-state index in [-0.39, 0.29) is 0 Å². The average Bonchev–Trinajstić information content (AvgIpc) is 3.25. The fraction of sp³-hybridized carbons (Fsp3) is 0.333.